The van der Waals surface area contributed by atoms with E-state index in [0.29, 0.717) is 17.7 Å². The van der Waals surface area contributed by atoms with Gasteiger partial charge in [-0.3, -0.25) is 4.79 Å². The van der Waals surface area contributed by atoms with Gasteiger partial charge in [0, 0.05) is 19.0 Å². The van der Waals surface area contributed by atoms with Gasteiger partial charge >= 0.3 is 0 Å². The molecule has 5 heteroatoms. The number of amides is 1. The molecule has 0 saturated carbocycles. The molecule has 0 aliphatic heterocycles. The van der Waals surface area contributed by atoms with Gasteiger partial charge in [-0.1, -0.05) is 19.1 Å². The lowest BCUT2D eigenvalue weighted by molar-refractivity contribution is -0.121. The number of benzene rings is 1. The summed E-state index contributed by atoms with van der Waals surface area (Å²) in [6.45, 7) is 4.67. The van der Waals surface area contributed by atoms with Crippen molar-refractivity contribution >= 4 is 29.2 Å². The summed E-state index contributed by atoms with van der Waals surface area (Å²) in [6.07, 6.45) is 1.39. The van der Waals surface area contributed by atoms with Crippen LogP contribution >= 0.6 is 12.2 Å². The minimum Gasteiger partial charge on any atom is -0.354 e. The van der Waals surface area contributed by atoms with Crippen molar-refractivity contribution in [3.8, 4) is 0 Å². The number of nitrogens with one attached hydrogen (secondary N) is 2. The fraction of sp³-hybridized carbons (Fsp3) is 0.429. The Morgan fingerprint density at radius 1 is 1.47 bits per heavy atom. The minimum atomic E-state index is 0.0709. The highest BCUT2D eigenvalue weighted by molar-refractivity contribution is 7.71. The average Bonchev–Trinajstić information content (AvgIpc) is 2.71. The molecule has 0 spiro atoms. The lowest BCUT2D eigenvalue weighted by Gasteiger charge is -2.11. The Morgan fingerprint density at radius 2 is 2.21 bits per heavy atom. The minimum absolute atomic E-state index is 0.0709. The first kappa shape index (κ1) is 13.8. The van der Waals surface area contributed by atoms with Gasteiger partial charge in [0.25, 0.3) is 0 Å². The number of para-hydroxylation sites is 2. The average molecular weight is 277 g/mol. The molecule has 0 radical (unpaired) electrons. The normalized spacial score (nSPS) is 12.5. The molecule has 1 atom stereocenters. The van der Waals surface area contributed by atoms with Gasteiger partial charge in [0.05, 0.1) is 11.0 Å². The van der Waals surface area contributed by atoms with Crippen molar-refractivity contribution in [2.75, 3.05) is 0 Å². The summed E-state index contributed by atoms with van der Waals surface area (Å²) in [5.74, 6) is 0.0709. The van der Waals surface area contributed by atoms with E-state index in [4.69, 9.17) is 12.2 Å². The maximum absolute atomic E-state index is 11.8. The van der Waals surface area contributed by atoms with E-state index in [2.05, 4.69) is 17.2 Å². The number of hydrogen-bond donors (Lipinski definition) is 2. The first-order chi connectivity index (χ1) is 9.11. The number of imidazole rings is 1. The molecule has 1 aromatic heterocycles. The molecule has 1 aromatic carbocycles. The van der Waals surface area contributed by atoms with Crippen LogP contribution in [0.3, 0.4) is 0 Å². The Hall–Kier alpha value is -1.62. The van der Waals surface area contributed by atoms with E-state index in [0.717, 1.165) is 17.5 Å². The lowest BCUT2D eigenvalue weighted by Crippen LogP contribution is -2.32. The fourth-order valence-corrected chi connectivity index (χ4v) is 2.29. The van der Waals surface area contributed by atoms with Crippen LogP contribution in [0.5, 0.6) is 0 Å². The Balaban J connectivity index is 2.08. The monoisotopic (exact) mass is 277 g/mol. The highest BCUT2D eigenvalue weighted by atomic mass is 32.1. The molecule has 2 rings (SSSR count). The topological polar surface area (TPSA) is 49.8 Å². The molecule has 0 saturated heterocycles. The summed E-state index contributed by atoms with van der Waals surface area (Å²) in [6, 6.07) is 8.16. The Labute approximate surface area is 117 Å². The third kappa shape index (κ3) is 3.23. The summed E-state index contributed by atoms with van der Waals surface area (Å²) in [5.41, 5.74) is 2.05. The Bertz CT molecular complexity index is 629. The highest BCUT2D eigenvalue weighted by Crippen LogP contribution is 2.13. The number of aromatic amines is 1. The van der Waals surface area contributed by atoms with Crippen LogP contribution in [0.1, 0.15) is 26.7 Å². The molecule has 19 heavy (non-hydrogen) atoms. The van der Waals surface area contributed by atoms with E-state index in [1.165, 1.54) is 0 Å². The van der Waals surface area contributed by atoms with Gasteiger partial charge in [-0.25, -0.2) is 0 Å². The second kappa shape index (κ2) is 6.02. The molecule has 0 aliphatic carbocycles. The number of carbonyl (C=O) groups is 1. The first-order valence-corrected chi connectivity index (χ1v) is 6.99. The molecule has 2 aromatic rings. The predicted molar refractivity (Wildman–Crippen MR) is 79.6 cm³/mol. The van der Waals surface area contributed by atoms with Crippen molar-refractivity contribution in [1.82, 2.24) is 14.9 Å². The van der Waals surface area contributed by atoms with Crippen molar-refractivity contribution in [2.24, 2.45) is 0 Å². The molecule has 1 unspecified atom stereocenters. The largest absolute Gasteiger partial charge is 0.354 e. The van der Waals surface area contributed by atoms with Gasteiger partial charge in [-0.2, -0.15) is 0 Å². The van der Waals surface area contributed by atoms with E-state index >= 15 is 0 Å². The SMILES string of the molecule is CCC(C)NC(=O)CCn1c(=S)[nH]c2ccccc21. The Kier molecular flexibility index (Phi) is 4.37. The van der Waals surface area contributed by atoms with Crippen molar-refractivity contribution in [3.63, 3.8) is 0 Å². The van der Waals surface area contributed by atoms with E-state index in [1.807, 2.05) is 35.8 Å². The summed E-state index contributed by atoms with van der Waals surface area (Å²) >= 11 is 5.29. The molecular formula is C14H19N3OS. The predicted octanol–water partition coefficient (Wildman–Crippen LogP) is 3.00. The summed E-state index contributed by atoms with van der Waals surface area (Å²) < 4.78 is 2.64. The van der Waals surface area contributed by atoms with Gasteiger partial charge in [-0.05, 0) is 37.7 Å². The zero-order valence-corrected chi connectivity index (χ0v) is 12.1. The van der Waals surface area contributed by atoms with Gasteiger partial charge in [-0.15, -0.1) is 0 Å². The number of hydrogen-bond acceptors (Lipinski definition) is 2. The van der Waals surface area contributed by atoms with Crippen LogP contribution in [-0.4, -0.2) is 21.5 Å². The maximum Gasteiger partial charge on any atom is 0.222 e. The molecule has 102 valence electrons. The quantitative estimate of drug-likeness (QED) is 0.825. The number of H-pyrrole nitrogens is 1. The third-order valence-electron chi connectivity index (χ3n) is 3.26. The molecule has 0 bridgehead atoms. The molecule has 1 amide bonds. The Morgan fingerprint density at radius 3 is 2.95 bits per heavy atom. The third-order valence-corrected chi connectivity index (χ3v) is 3.59. The van der Waals surface area contributed by atoms with Crippen LogP contribution in [0.2, 0.25) is 0 Å². The van der Waals surface area contributed by atoms with Gasteiger partial charge in [0.15, 0.2) is 4.77 Å². The summed E-state index contributed by atoms with van der Waals surface area (Å²) in [5, 5.41) is 2.96. The number of carbonyl (C=O) groups excluding carboxylic acids is 1. The zero-order chi connectivity index (χ0) is 13.8. The van der Waals surface area contributed by atoms with Crippen LogP contribution in [0, 0.1) is 4.77 Å². The van der Waals surface area contributed by atoms with Crippen LogP contribution in [0.25, 0.3) is 11.0 Å². The van der Waals surface area contributed by atoms with Crippen molar-refractivity contribution < 1.29 is 4.79 Å². The number of aryl methyl sites for hydroxylation is 1. The van der Waals surface area contributed by atoms with E-state index < -0.39 is 0 Å². The van der Waals surface area contributed by atoms with Crippen LogP contribution in [0.15, 0.2) is 24.3 Å². The first-order valence-electron chi connectivity index (χ1n) is 6.58. The molecule has 2 N–H and O–H groups in total. The smallest absolute Gasteiger partial charge is 0.222 e. The van der Waals surface area contributed by atoms with Crippen molar-refractivity contribution in [2.45, 2.75) is 39.3 Å². The molecule has 1 heterocycles. The van der Waals surface area contributed by atoms with Crippen molar-refractivity contribution in [3.05, 3.63) is 29.0 Å². The van der Waals surface area contributed by atoms with E-state index in [1.54, 1.807) is 0 Å². The fourth-order valence-electron chi connectivity index (χ4n) is 1.99. The van der Waals surface area contributed by atoms with E-state index in [9.17, 15) is 4.79 Å². The molecule has 0 fully saturated rings. The second-order valence-electron chi connectivity index (χ2n) is 4.73. The highest BCUT2D eigenvalue weighted by Gasteiger charge is 2.08. The standard InChI is InChI=1S/C14H19N3OS/c1-3-10(2)15-13(18)8-9-17-12-7-5-4-6-11(12)16-14(17)19/h4-7,10H,3,8-9H2,1-2H3,(H,15,18)(H,16,19). The lowest BCUT2D eigenvalue weighted by atomic mass is 10.2. The van der Waals surface area contributed by atoms with Crippen LogP contribution < -0.4 is 5.32 Å². The number of fused-ring (bicyclic) bond motifs is 1. The number of rotatable bonds is 5. The molecule has 0 aliphatic rings. The van der Waals surface area contributed by atoms with Gasteiger partial charge in [0.1, 0.15) is 0 Å². The molecule has 4 nitrogen and oxygen atoms in total. The van der Waals surface area contributed by atoms with Gasteiger partial charge < -0.3 is 14.9 Å². The number of nitrogens with zero attached hydrogens (tertiary/aromatic N) is 1. The van der Waals surface area contributed by atoms with Gasteiger partial charge in [0.2, 0.25) is 5.91 Å². The summed E-state index contributed by atoms with van der Waals surface area (Å²) in [4.78, 5) is 14.9. The zero-order valence-electron chi connectivity index (χ0n) is 11.3. The maximum atomic E-state index is 11.8. The summed E-state index contributed by atoms with van der Waals surface area (Å²) in [7, 11) is 0. The second-order valence-corrected chi connectivity index (χ2v) is 5.11. The van der Waals surface area contributed by atoms with E-state index in [-0.39, 0.29) is 11.9 Å². The van der Waals surface area contributed by atoms with Crippen molar-refractivity contribution in [1.29, 1.82) is 0 Å². The van der Waals surface area contributed by atoms with Crippen LogP contribution in [0.4, 0.5) is 0 Å². The number of aromatic nitrogens is 2. The van der Waals surface area contributed by atoms with Crippen LogP contribution in [-0.2, 0) is 11.3 Å². The molecular weight excluding hydrogens is 258 g/mol.